The quantitative estimate of drug-likeness (QED) is 0.857. The molecular weight excluding hydrogens is 294 g/mol. The Kier molecular flexibility index (Phi) is 5.51. The van der Waals surface area contributed by atoms with Gasteiger partial charge in [-0.15, -0.1) is 0 Å². The molecule has 0 saturated heterocycles. The van der Waals surface area contributed by atoms with E-state index in [9.17, 15) is 9.59 Å². The highest BCUT2D eigenvalue weighted by Crippen LogP contribution is 2.07. The minimum Gasteiger partial charge on any atom is -0.361 e. The molecule has 0 aliphatic heterocycles. The van der Waals surface area contributed by atoms with Gasteiger partial charge in [-0.25, -0.2) is 0 Å². The molecule has 1 heterocycles. The molecule has 0 fully saturated rings. The fourth-order valence-electron chi connectivity index (χ4n) is 1.98. The molecule has 1 atom stereocenters. The van der Waals surface area contributed by atoms with Crippen LogP contribution < -0.4 is 10.6 Å². The number of carbonyl (C=O) groups excluding carboxylic acids is 2. The lowest BCUT2D eigenvalue weighted by atomic mass is 10.1. The number of aromatic nitrogens is 1. The van der Waals surface area contributed by atoms with Crippen molar-refractivity contribution in [3.63, 3.8) is 0 Å². The summed E-state index contributed by atoms with van der Waals surface area (Å²) in [7, 11) is 0. The average molecular weight is 315 g/mol. The van der Waals surface area contributed by atoms with Gasteiger partial charge in [-0.05, 0) is 38.0 Å². The monoisotopic (exact) mass is 315 g/mol. The van der Waals surface area contributed by atoms with Gasteiger partial charge in [-0.3, -0.25) is 9.59 Å². The summed E-state index contributed by atoms with van der Waals surface area (Å²) in [5.41, 5.74) is 1.66. The highest BCUT2D eigenvalue weighted by molar-refractivity contribution is 5.94. The van der Waals surface area contributed by atoms with Crippen LogP contribution in [0.25, 0.3) is 0 Å². The molecule has 1 aromatic heterocycles. The molecule has 0 spiro atoms. The molecule has 0 radical (unpaired) electrons. The molecule has 0 aliphatic rings. The van der Waals surface area contributed by atoms with Crippen molar-refractivity contribution in [3.05, 3.63) is 52.9 Å². The molecular formula is C17H21N3O3. The van der Waals surface area contributed by atoms with E-state index in [0.717, 1.165) is 12.0 Å². The number of nitrogens with zero attached hydrogens (tertiary/aromatic N) is 1. The average Bonchev–Trinajstić information content (AvgIpc) is 2.99. The van der Waals surface area contributed by atoms with E-state index in [1.165, 1.54) is 0 Å². The lowest BCUT2D eigenvalue weighted by Crippen LogP contribution is -2.32. The lowest BCUT2D eigenvalue weighted by molar-refractivity contribution is 0.0934. The largest absolute Gasteiger partial charge is 0.361 e. The minimum absolute atomic E-state index is 0.111. The number of aryl methyl sites for hydroxylation is 1. The predicted molar refractivity (Wildman–Crippen MR) is 86.1 cm³/mol. The minimum atomic E-state index is -0.309. The number of hydrogen-bond donors (Lipinski definition) is 2. The molecule has 0 aliphatic carbocycles. The van der Waals surface area contributed by atoms with Gasteiger partial charge in [0.2, 0.25) is 0 Å². The summed E-state index contributed by atoms with van der Waals surface area (Å²) in [6.45, 7) is 6.02. The fourth-order valence-corrected chi connectivity index (χ4v) is 1.98. The smallest absolute Gasteiger partial charge is 0.273 e. The van der Waals surface area contributed by atoms with Crippen LogP contribution in [0.1, 0.15) is 52.4 Å². The van der Waals surface area contributed by atoms with Crippen LogP contribution in [-0.4, -0.2) is 23.0 Å². The molecule has 6 nitrogen and oxygen atoms in total. The third-order valence-electron chi connectivity index (χ3n) is 3.49. The highest BCUT2D eigenvalue weighted by Gasteiger charge is 2.12. The first-order valence-electron chi connectivity index (χ1n) is 7.61. The summed E-state index contributed by atoms with van der Waals surface area (Å²) < 4.78 is 4.87. The summed E-state index contributed by atoms with van der Waals surface area (Å²) in [6, 6.07) is 8.88. The molecule has 23 heavy (non-hydrogen) atoms. The van der Waals surface area contributed by atoms with Gasteiger partial charge in [0.25, 0.3) is 11.8 Å². The summed E-state index contributed by atoms with van der Waals surface area (Å²) in [6.07, 6.45) is 0.874. The zero-order valence-corrected chi connectivity index (χ0v) is 13.6. The van der Waals surface area contributed by atoms with Crippen molar-refractivity contribution in [2.75, 3.05) is 0 Å². The lowest BCUT2D eigenvalue weighted by Gasteiger charge is -2.12. The zero-order chi connectivity index (χ0) is 16.8. The highest BCUT2D eigenvalue weighted by atomic mass is 16.5. The van der Waals surface area contributed by atoms with Gasteiger partial charge in [-0.1, -0.05) is 24.2 Å². The SMILES string of the molecule is CC[C@@H](C)NC(=O)c1cccc(CNC(=O)c2cc(C)on2)c1. The van der Waals surface area contributed by atoms with E-state index >= 15 is 0 Å². The Bertz CT molecular complexity index is 694. The van der Waals surface area contributed by atoms with Crippen molar-refractivity contribution in [3.8, 4) is 0 Å². The van der Waals surface area contributed by atoms with Crippen LogP contribution in [0.5, 0.6) is 0 Å². The number of hydrogen-bond acceptors (Lipinski definition) is 4. The first kappa shape index (κ1) is 16.7. The molecule has 2 amide bonds. The van der Waals surface area contributed by atoms with Gasteiger partial charge in [-0.2, -0.15) is 0 Å². The Labute approximate surface area is 135 Å². The second-order valence-electron chi connectivity index (χ2n) is 5.49. The maximum Gasteiger partial charge on any atom is 0.273 e. The van der Waals surface area contributed by atoms with E-state index in [2.05, 4.69) is 15.8 Å². The second kappa shape index (κ2) is 7.58. The number of rotatable bonds is 6. The Morgan fingerprint density at radius 2 is 2.04 bits per heavy atom. The molecule has 2 aromatic rings. The van der Waals surface area contributed by atoms with Crippen LogP contribution in [0.3, 0.4) is 0 Å². The van der Waals surface area contributed by atoms with E-state index in [-0.39, 0.29) is 23.6 Å². The zero-order valence-electron chi connectivity index (χ0n) is 13.6. The molecule has 6 heteroatoms. The van der Waals surface area contributed by atoms with E-state index < -0.39 is 0 Å². The topological polar surface area (TPSA) is 84.2 Å². The Hall–Kier alpha value is -2.63. The van der Waals surface area contributed by atoms with Crippen molar-refractivity contribution in [2.24, 2.45) is 0 Å². The molecule has 2 rings (SSSR count). The Morgan fingerprint density at radius 1 is 1.26 bits per heavy atom. The van der Waals surface area contributed by atoms with E-state index in [0.29, 0.717) is 17.9 Å². The third kappa shape index (κ3) is 4.67. The number of benzene rings is 1. The van der Waals surface area contributed by atoms with Gasteiger partial charge in [0.15, 0.2) is 5.69 Å². The van der Waals surface area contributed by atoms with Crippen molar-refractivity contribution < 1.29 is 14.1 Å². The summed E-state index contributed by atoms with van der Waals surface area (Å²) in [4.78, 5) is 24.0. The molecule has 0 unspecified atom stereocenters. The van der Waals surface area contributed by atoms with E-state index in [1.54, 1.807) is 31.2 Å². The molecule has 1 aromatic carbocycles. The van der Waals surface area contributed by atoms with Crippen LogP contribution in [0.4, 0.5) is 0 Å². The van der Waals surface area contributed by atoms with Crippen LogP contribution in [0.2, 0.25) is 0 Å². The van der Waals surface area contributed by atoms with Gasteiger partial charge < -0.3 is 15.2 Å². The van der Waals surface area contributed by atoms with Crippen molar-refractivity contribution >= 4 is 11.8 Å². The maximum absolute atomic E-state index is 12.1. The van der Waals surface area contributed by atoms with Crippen LogP contribution in [0.15, 0.2) is 34.9 Å². The summed E-state index contributed by atoms with van der Waals surface area (Å²) in [5, 5.41) is 9.34. The third-order valence-corrected chi connectivity index (χ3v) is 3.49. The number of carbonyl (C=O) groups is 2. The second-order valence-corrected chi connectivity index (χ2v) is 5.49. The predicted octanol–water partition coefficient (Wildman–Crippen LogP) is 2.44. The molecule has 0 saturated carbocycles. The molecule has 2 N–H and O–H groups in total. The summed E-state index contributed by atoms with van der Waals surface area (Å²) >= 11 is 0. The van der Waals surface area contributed by atoms with Gasteiger partial charge >= 0.3 is 0 Å². The van der Waals surface area contributed by atoms with Crippen molar-refractivity contribution in [1.82, 2.24) is 15.8 Å². The van der Waals surface area contributed by atoms with Gasteiger partial charge in [0.05, 0.1) is 0 Å². The number of amides is 2. The maximum atomic E-state index is 12.1. The van der Waals surface area contributed by atoms with Crippen molar-refractivity contribution in [1.29, 1.82) is 0 Å². The fraction of sp³-hybridized carbons (Fsp3) is 0.353. The standard InChI is InChI=1S/C17H21N3O3/c1-4-11(2)19-16(21)14-7-5-6-13(9-14)10-18-17(22)15-8-12(3)23-20-15/h5-9,11H,4,10H2,1-3H3,(H,18,22)(H,19,21)/t11-/m1/s1. The summed E-state index contributed by atoms with van der Waals surface area (Å²) in [5.74, 6) is 0.162. The normalized spacial score (nSPS) is 11.8. The van der Waals surface area contributed by atoms with Crippen LogP contribution in [0, 0.1) is 6.92 Å². The number of nitrogens with one attached hydrogen (secondary N) is 2. The van der Waals surface area contributed by atoms with Crippen LogP contribution in [-0.2, 0) is 6.54 Å². The van der Waals surface area contributed by atoms with E-state index in [4.69, 9.17) is 4.52 Å². The molecule has 122 valence electrons. The Morgan fingerprint density at radius 3 is 2.70 bits per heavy atom. The first-order valence-corrected chi connectivity index (χ1v) is 7.61. The van der Waals surface area contributed by atoms with E-state index in [1.807, 2.05) is 19.9 Å². The van der Waals surface area contributed by atoms with Crippen molar-refractivity contribution in [2.45, 2.75) is 39.8 Å². The van der Waals surface area contributed by atoms with Crippen LogP contribution >= 0.6 is 0 Å². The van der Waals surface area contributed by atoms with Gasteiger partial charge in [0.1, 0.15) is 5.76 Å². The van der Waals surface area contributed by atoms with Gasteiger partial charge in [0, 0.05) is 24.2 Å². The Balaban J connectivity index is 1.97. The molecule has 0 bridgehead atoms. The first-order chi connectivity index (χ1) is 11.0.